The molecule has 0 aliphatic rings. The van der Waals surface area contributed by atoms with Gasteiger partial charge in [-0.3, -0.25) is 9.59 Å². The number of thiocyanates is 1. The summed E-state index contributed by atoms with van der Waals surface area (Å²) in [6, 6.07) is 5.64. The molecule has 2 rings (SSSR count). The molecule has 0 saturated heterocycles. The Labute approximate surface area is 155 Å². The molecule has 1 aromatic carbocycles. The quantitative estimate of drug-likeness (QED) is 0.449. The lowest BCUT2D eigenvalue weighted by atomic mass is 10.1. The highest BCUT2D eigenvalue weighted by atomic mass is 32.2. The van der Waals surface area contributed by atoms with Gasteiger partial charge in [-0.25, -0.2) is 0 Å². The third kappa shape index (κ3) is 5.93. The van der Waals surface area contributed by atoms with Crippen molar-refractivity contribution in [2.75, 3.05) is 11.9 Å². The van der Waals surface area contributed by atoms with Crippen molar-refractivity contribution in [2.24, 2.45) is 0 Å². The molecule has 0 fully saturated rings. The highest BCUT2D eigenvalue weighted by molar-refractivity contribution is 8.03. The number of aryl methyl sites for hydroxylation is 3. The average Bonchev–Trinajstić information content (AvgIpc) is 3.08. The molecule has 0 unspecified atom stereocenters. The van der Waals surface area contributed by atoms with E-state index in [1.807, 2.05) is 48.2 Å². The predicted molar refractivity (Wildman–Crippen MR) is 99.6 cm³/mol. The Morgan fingerprint density at radius 1 is 1.32 bits per heavy atom. The lowest BCUT2D eigenvalue weighted by Gasteiger charge is -2.13. The Kier molecular flexibility index (Phi) is 7.04. The molecule has 1 N–H and O–H groups in total. The van der Waals surface area contributed by atoms with E-state index in [1.54, 1.807) is 11.3 Å². The Bertz CT molecular complexity index is 772. The molecule has 130 valence electrons. The minimum absolute atomic E-state index is 0.252. The number of esters is 1. The Morgan fingerprint density at radius 3 is 2.64 bits per heavy atom. The van der Waals surface area contributed by atoms with E-state index < -0.39 is 5.97 Å². The molecule has 0 bridgehead atoms. The molecule has 0 aliphatic heterocycles. The number of nitrogens with zero attached hydrogens (tertiary/aromatic N) is 1. The van der Waals surface area contributed by atoms with Crippen molar-refractivity contribution in [3.63, 3.8) is 0 Å². The van der Waals surface area contributed by atoms with Crippen LogP contribution in [0.2, 0.25) is 0 Å². The monoisotopic (exact) mass is 374 g/mol. The number of ether oxygens (including phenoxy) is 1. The number of hydrogen-bond donors (Lipinski definition) is 1. The van der Waals surface area contributed by atoms with Crippen molar-refractivity contribution < 1.29 is 14.3 Å². The van der Waals surface area contributed by atoms with Crippen molar-refractivity contribution in [3.8, 4) is 5.40 Å². The van der Waals surface area contributed by atoms with Gasteiger partial charge in [0.25, 0.3) is 5.91 Å². The van der Waals surface area contributed by atoms with Gasteiger partial charge in [0.2, 0.25) is 0 Å². The topological polar surface area (TPSA) is 79.2 Å². The van der Waals surface area contributed by atoms with E-state index in [2.05, 4.69) is 5.32 Å². The number of thiophene rings is 1. The van der Waals surface area contributed by atoms with E-state index >= 15 is 0 Å². The molecule has 5 nitrogen and oxygen atoms in total. The summed E-state index contributed by atoms with van der Waals surface area (Å²) in [5.41, 5.74) is 3.49. The van der Waals surface area contributed by atoms with E-state index in [-0.39, 0.29) is 18.9 Å². The molecule has 25 heavy (non-hydrogen) atoms. The van der Waals surface area contributed by atoms with Crippen molar-refractivity contribution in [3.05, 3.63) is 45.6 Å². The van der Waals surface area contributed by atoms with Crippen LogP contribution in [0.5, 0.6) is 0 Å². The van der Waals surface area contributed by atoms with Crippen LogP contribution < -0.4 is 5.32 Å². The Hall–Kier alpha value is -2.30. The van der Waals surface area contributed by atoms with Crippen LogP contribution in [-0.4, -0.2) is 18.5 Å². The number of amides is 1. The fourth-order valence-electron chi connectivity index (χ4n) is 2.31. The number of thioether (sulfide) groups is 1. The fourth-order valence-corrected chi connectivity index (χ4v) is 3.59. The van der Waals surface area contributed by atoms with Crippen molar-refractivity contribution >= 4 is 40.7 Å². The first kappa shape index (κ1) is 19.0. The van der Waals surface area contributed by atoms with Gasteiger partial charge < -0.3 is 10.1 Å². The maximum Gasteiger partial charge on any atom is 0.306 e. The largest absolute Gasteiger partial charge is 0.456 e. The lowest BCUT2D eigenvalue weighted by Crippen LogP contribution is -2.22. The number of rotatable bonds is 7. The average molecular weight is 374 g/mol. The standard InChI is InChI=1S/C18H18N2O3S2/c1-12-7-15(25-11-19)8-13(2)18(12)20-16(21)9-23-17(22)4-3-14-5-6-24-10-14/h5-8,10H,3-4,9H2,1-2H3,(H,20,21). The second-order valence-corrected chi connectivity index (χ2v) is 7.10. The van der Waals surface area contributed by atoms with Crippen LogP contribution in [0.4, 0.5) is 5.69 Å². The summed E-state index contributed by atoms with van der Waals surface area (Å²) in [5, 5.41) is 17.5. The minimum atomic E-state index is -0.393. The fraction of sp³-hybridized carbons (Fsp3) is 0.278. The number of anilines is 1. The SMILES string of the molecule is Cc1cc(SC#N)cc(C)c1NC(=O)COC(=O)CCc1ccsc1. The van der Waals surface area contributed by atoms with E-state index in [4.69, 9.17) is 10.00 Å². The molecule has 1 amide bonds. The number of carbonyl (C=O) groups is 2. The molecule has 1 aromatic heterocycles. The normalized spacial score (nSPS) is 10.1. The first-order valence-electron chi connectivity index (χ1n) is 7.63. The van der Waals surface area contributed by atoms with E-state index in [9.17, 15) is 9.59 Å². The van der Waals surface area contributed by atoms with E-state index in [0.29, 0.717) is 12.1 Å². The predicted octanol–water partition coefficient (Wildman–Crippen LogP) is 4.05. The maximum absolute atomic E-state index is 12.0. The lowest BCUT2D eigenvalue weighted by molar-refractivity contribution is -0.147. The van der Waals surface area contributed by atoms with Gasteiger partial charge in [-0.2, -0.15) is 16.6 Å². The molecule has 7 heteroatoms. The maximum atomic E-state index is 12.0. The molecule has 2 aromatic rings. The number of hydrogen-bond acceptors (Lipinski definition) is 6. The van der Waals surface area contributed by atoms with E-state index in [0.717, 1.165) is 33.3 Å². The molecule has 1 heterocycles. The number of benzene rings is 1. The van der Waals surface area contributed by atoms with Crippen molar-refractivity contribution in [1.82, 2.24) is 0 Å². The van der Waals surface area contributed by atoms with Gasteiger partial charge in [0, 0.05) is 17.0 Å². The second kappa shape index (κ2) is 9.25. The van der Waals surface area contributed by atoms with Crippen LogP contribution >= 0.6 is 23.1 Å². The summed E-state index contributed by atoms with van der Waals surface area (Å²) in [6.45, 7) is 3.41. The summed E-state index contributed by atoms with van der Waals surface area (Å²) < 4.78 is 5.02. The summed E-state index contributed by atoms with van der Waals surface area (Å²) in [7, 11) is 0. The molecular weight excluding hydrogens is 356 g/mol. The zero-order chi connectivity index (χ0) is 18.2. The third-order valence-corrected chi connectivity index (χ3v) is 4.79. The van der Waals surface area contributed by atoms with Crippen LogP contribution in [-0.2, 0) is 20.7 Å². The van der Waals surface area contributed by atoms with Crippen LogP contribution in [0.1, 0.15) is 23.1 Å². The Balaban J connectivity index is 1.84. The molecule has 0 spiro atoms. The number of nitrogens with one attached hydrogen (secondary N) is 1. The van der Waals surface area contributed by atoms with Crippen LogP contribution in [0.25, 0.3) is 0 Å². The molecular formula is C18H18N2O3S2. The highest BCUT2D eigenvalue weighted by Crippen LogP contribution is 2.27. The summed E-state index contributed by atoms with van der Waals surface area (Å²) in [4.78, 5) is 24.6. The van der Waals surface area contributed by atoms with Crippen LogP contribution in [0, 0.1) is 24.5 Å². The number of nitriles is 1. The van der Waals surface area contributed by atoms with Crippen LogP contribution in [0.3, 0.4) is 0 Å². The van der Waals surface area contributed by atoms with Crippen molar-refractivity contribution in [1.29, 1.82) is 5.26 Å². The smallest absolute Gasteiger partial charge is 0.306 e. The first-order chi connectivity index (χ1) is 12.0. The summed E-state index contributed by atoms with van der Waals surface area (Å²) >= 11 is 2.66. The molecule has 0 saturated carbocycles. The van der Waals surface area contributed by atoms with Gasteiger partial charge in [0.1, 0.15) is 5.40 Å². The summed E-state index contributed by atoms with van der Waals surface area (Å²) in [5.74, 6) is -0.772. The van der Waals surface area contributed by atoms with Gasteiger partial charge in [-0.05, 0) is 77.7 Å². The zero-order valence-corrected chi connectivity index (χ0v) is 15.6. The van der Waals surface area contributed by atoms with Gasteiger partial charge in [0.05, 0.1) is 0 Å². The van der Waals surface area contributed by atoms with E-state index in [1.165, 1.54) is 0 Å². The zero-order valence-electron chi connectivity index (χ0n) is 14.0. The molecule has 0 radical (unpaired) electrons. The molecule has 0 atom stereocenters. The highest BCUT2D eigenvalue weighted by Gasteiger charge is 2.12. The van der Waals surface area contributed by atoms with Crippen molar-refractivity contribution in [2.45, 2.75) is 31.6 Å². The third-order valence-electron chi connectivity index (χ3n) is 3.50. The van der Waals surface area contributed by atoms with Gasteiger partial charge in [-0.1, -0.05) is 0 Å². The van der Waals surface area contributed by atoms with Gasteiger partial charge in [0.15, 0.2) is 6.61 Å². The van der Waals surface area contributed by atoms with Crippen LogP contribution in [0.15, 0.2) is 33.9 Å². The second-order valence-electron chi connectivity index (χ2n) is 5.47. The number of carbonyl (C=O) groups excluding carboxylic acids is 2. The van der Waals surface area contributed by atoms with Gasteiger partial charge in [-0.15, -0.1) is 0 Å². The first-order valence-corrected chi connectivity index (χ1v) is 9.39. The van der Waals surface area contributed by atoms with Gasteiger partial charge >= 0.3 is 5.97 Å². The Morgan fingerprint density at radius 2 is 2.04 bits per heavy atom. The minimum Gasteiger partial charge on any atom is -0.456 e. The summed E-state index contributed by atoms with van der Waals surface area (Å²) in [6.07, 6.45) is 0.863. The molecule has 0 aliphatic carbocycles.